The van der Waals surface area contributed by atoms with Gasteiger partial charge in [-0.15, -0.1) is 0 Å². The number of aromatic amines is 1. The molecule has 0 spiro atoms. The first kappa shape index (κ1) is 14.0. The third kappa shape index (κ3) is 1.81. The molecule has 2 nitrogen and oxygen atoms in total. The lowest BCUT2D eigenvalue weighted by molar-refractivity contribution is 1.02. The highest BCUT2D eigenvalue weighted by Gasteiger charge is 2.15. The third-order valence-corrected chi connectivity index (χ3v) is 5.53. The zero-order valence-corrected chi connectivity index (χ0v) is 14.4. The van der Waals surface area contributed by atoms with Crippen molar-refractivity contribution >= 4 is 49.3 Å². The molecule has 5 aromatic rings. The Morgan fingerprint density at radius 3 is 2.42 bits per heavy atom. The first-order valence-corrected chi connectivity index (χ1v) is 9.21. The zero-order valence-electron chi connectivity index (χ0n) is 14.4. The molecule has 6 rings (SSSR count). The van der Waals surface area contributed by atoms with Crippen molar-refractivity contribution in [3.05, 3.63) is 78.9 Å². The van der Waals surface area contributed by atoms with E-state index in [1.165, 1.54) is 49.3 Å². The van der Waals surface area contributed by atoms with E-state index in [-0.39, 0.29) is 0 Å². The normalized spacial score (nSPS) is 14.7. The van der Waals surface area contributed by atoms with Crippen LogP contribution < -0.4 is 0 Å². The highest BCUT2D eigenvalue weighted by atomic mass is 15.0. The summed E-state index contributed by atoms with van der Waals surface area (Å²) in [6.45, 7) is 0. The summed E-state index contributed by atoms with van der Waals surface area (Å²) in [6.07, 6.45) is 9.12. The van der Waals surface area contributed by atoms with Gasteiger partial charge in [0.15, 0.2) is 0 Å². The first-order valence-electron chi connectivity index (χ1n) is 9.21. The number of nitrogens with one attached hydrogen (secondary N) is 1. The molecule has 2 aromatic heterocycles. The van der Waals surface area contributed by atoms with Gasteiger partial charge in [-0.25, -0.2) is 0 Å². The molecule has 1 aliphatic rings. The van der Waals surface area contributed by atoms with Crippen molar-refractivity contribution in [2.75, 3.05) is 0 Å². The number of aromatic nitrogens is 2. The van der Waals surface area contributed by atoms with E-state index in [1.807, 2.05) is 0 Å². The SMILES string of the molecule is C1=CC(n2c3ccccc3c3cc4c(cc32)[nH]c2ccccc24)=CCC1. The summed E-state index contributed by atoms with van der Waals surface area (Å²) in [5.74, 6) is 0. The minimum atomic E-state index is 1.11. The molecule has 1 aliphatic carbocycles. The molecule has 0 bridgehead atoms. The van der Waals surface area contributed by atoms with Crippen molar-refractivity contribution in [3.8, 4) is 0 Å². The fraction of sp³-hybridized carbons (Fsp3) is 0.0833. The maximum Gasteiger partial charge on any atom is 0.0562 e. The summed E-state index contributed by atoms with van der Waals surface area (Å²) >= 11 is 0. The molecule has 0 radical (unpaired) electrons. The fourth-order valence-corrected chi connectivity index (χ4v) is 4.36. The lowest BCUT2D eigenvalue weighted by Crippen LogP contribution is -1.96. The van der Waals surface area contributed by atoms with Gasteiger partial charge in [0, 0.05) is 38.3 Å². The van der Waals surface area contributed by atoms with E-state index in [0.717, 1.165) is 12.8 Å². The van der Waals surface area contributed by atoms with Crippen molar-refractivity contribution in [1.29, 1.82) is 0 Å². The number of hydrogen-bond acceptors (Lipinski definition) is 0. The third-order valence-electron chi connectivity index (χ3n) is 5.53. The van der Waals surface area contributed by atoms with E-state index in [0.29, 0.717) is 0 Å². The molecular formula is C24H18N2. The molecule has 124 valence electrons. The summed E-state index contributed by atoms with van der Waals surface area (Å²) in [6, 6.07) is 22.0. The van der Waals surface area contributed by atoms with Crippen molar-refractivity contribution in [1.82, 2.24) is 9.55 Å². The predicted octanol–water partition coefficient (Wildman–Crippen LogP) is 6.62. The van der Waals surface area contributed by atoms with Crippen LogP contribution in [0.25, 0.3) is 49.3 Å². The minimum Gasteiger partial charge on any atom is -0.354 e. The van der Waals surface area contributed by atoms with Crippen molar-refractivity contribution in [2.24, 2.45) is 0 Å². The van der Waals surface area contributed by atoms with Crippen LogP contribution in [0.15, 0.2) is 78.9 Å². The Morgan fingerprint density at radius 2 is 1.54 bits per heavy atom. The molecule has 3 aromatic carbocycles. The van der Waals surface area contributed by atoms with E-state index in [9.17, 15) is 0 Å². The predicted molar refractivity (Wildman–Crippen MR) is 111 cm³/mol. The van der Waals surface area contributed by atoms with Crippen molar-refractivity contribution < 1.29 is 0 Å². The van der Waals surface area contributed by atoms with Crippen LogP contribution >= 0.6 is 0 Å². The molecule has 1 N–H and O–H groups in total. The quantitative estimate of drug-likeness (QED) is 0.355. The Bertz CT molecular complexity index is 1380. The van der Waals surface area contributed by atoms with Gasteiger partial charge in [0.25, 0.3) is 0 Å². The van der Waals surface area contributed by atoms with Gasteiger partial charge >= 0.3 is 0 Å². The second kappa shape index (κ2) is 5.12. The van der Waals surface area contributed by atoms with Gasteiger partial charge in [-0.3, -0.25) is 0 Å². The van der Waals surface area contributed by atoms with Gasteiger partial charge in [-0.2, -0.15) is 0 Å². The van der Waals surface area contributed by atoms with Crippen LogP contribution in [0.5, 0.6) is 0 Å². The van der Waals surface area contributed by atoms with Gasteiger partial charge in [0.05, 0.1) is 11.0 Å². The molecule has 26 heavy (non-hydrogen) atoms. The van der Waals surface area contributed by atoms with E-state index in [1.54, 1.807) is 0 Å². The second-order valence-electron chi connectivity index (χ2n) is 7.05. The lowest BCUT2D eigenvalue weighted by Gasteiger charge is -2.12. The Hall–Kier alpha value is -3.26. The maximum atomic E-state index is 3.59. The summed E-state index contributed by atoms with van der Waals surface area (Å²) in [5.41, 5.74) is 6.21. The molecule has 0 atom stereocenters. The van der Waals surface area contributed by atoms with Crippen LogP contribution in [-0.2, 0) is 0 Å². The lowest BCUT2D eigenvalue weighted by atomic mass is 10.1. The number of nitrogens with zero attached hydrogens (tertiary/aromatic N) is 1. The Balaban J connectivity index is 1.82. The molecule has 0 saturated heterocycles. The molecule has 0 unspecified atom stereocenters. The summed E-state index contributed by atoms with van der Waals surface area (Å²) in [5, 5.41) is 5.22. The van der Waals surface area contributed by atoms with E-state index >= 15 is 0 Å². The number of rotatable bonds is 1. The van der Waals surface area contributed by atoms with Crippen LogP contribution in [0, 0.1) is 0 Å². The number of allylic oxidation sites excluding steroid dienone is 4. The highest BCUT2D eigenvalue weighted by Crippen LogP contribution is 2.37. The minimum absolute atomic E-state index is 1.11. The standard InChI is InChI=1S/C24H18N2/c1-2-8-16(9-3-1)26-23-13-7-5-11-18(23)20-14-19-17-10-4-6-12-21(17)25-22(19)15-24(20)26/h2,4-15,25H,1,3H2. The van der Waals surface area contributed by atoms with Crippen LogP contribution in [-0.4, -0.2) is 9.55 Å². The number of hydrogen-bond donors (Lipinski definition) is 1. The second-order valence-corrected chi connectivity index (χ2v) is 7.05. The van der Waals surface area contributed by atoms with Crippen LogP contribution in [0.2, 0.25) is 0 Å². The zero-order chi connectivity index (χ0) is 17.1. The average molecular weight is 334 g/mol. The molecule has 2 heterocycles. The van der Waals surface area contributed by atoms with E-state index in [4.69, 9.17) is 0 Å². The first-order chi connectivity index (χ1) is 12.9. The largest absolute Gasteiger partial charge is 0.354 e. The number of para-hydroxylation sites is 2. The molecule has 0 amide bonds. The smallest absolute Gasteiger partial charge is 0.0562 e. The van der Waals surface area contributed by atoms with Gasteiger partial charge < -0.3 is 9.55 Å². The Kier molecular flexibility index (Phi) is 2.75. The molecule has 0 fully saturated rings. The van der Waals surface area contributed by atoms with E-state index in [2.05, 4.69) is 88.4 Å². The molecule has 2 heteroatoms. The average Bonchev–Trinajstić information content (AvgIpc) is 3.22. The van der Waals surface area contributed by atoms with Gasteiger partial charge in [0.1, 0.15) is 0 Å². The van der Waals surface area contributed by atoms with Crippen LogP contribution in [0.1, 0.15) is 12.8 Å². The number of H-pyrrole nitrogens is 1. The van der Waals surface area contributed by atoms with Crippen LogP contribution in [0.4, 0.5) is 0 Å². The number of benzene rings is 3. The highest BCUT2D eigenvalue weighted by molar-refractivity contribution is 6.18. The molecule has 0 saturated carbocycles. The topological polar surface area (TPSA) is 20.7 Å². The maximum absolute atomic E-state index is 3.59. The summed E-state index contributed by atoms with van der Waals surface area (Å²) < 4.78 is 2.41. The van der Waals surface area contributed by atoms with Crippen LogP contribution in [0.3, 0.4) is 0 Å². The van der Waals surface area contributed by atoms with Gasteiger partial charge in [0.2, 0.25) is 0 Å². The molecule has 0 aliphatic heterocycles. The monoisotopic (exact) mass is 334 g/mol. The van der Waals surface area contributed by atoms with E-state index < -0.39 is 0 Å². The van der Waals surface area contributed by atoms with Gasteiger partial charge in [-0.1, -0.05) is 48.6 Å². The fourth-order valence-electron chi connectivity index (χ4n) is 4.36. The van der Waals surface area contributed by atoms with Crippen molar-refractivity contribution in [3.63, 3.8) is 0 Å². The number of fused-ring (bicyclic) bond motifs is 6. The van der Waals surface area contributed by atoms with Crippen molar-refractivity contribution in [2.45, 2.75) is 12.8 Å². The Labute approximate surface area is 151 Å². The Morgan fingerprint density at radius 1 is 0.692 bits per heavy atom. The summed E-state index contributed by atoms with van der Waals surface area (Å²) in [4.78, 5) is 3.59. The van der Waals surface area contributed by atoms with Gasteiger partial charge in [-0.05, 0) is 43.2 Å². The summed E-state index contributed by atoms with van der Waals surface area (Å²) in [7, 11) is 0. The molecular weight excluding hydrogens is 316 g/mol.